The summed E-state index contributed by atoms with van der Waals surface area (Å²) in [6.45, 7) is 12.5. The quantitative estimate of drug-likeness (QED) is 0.537. The second kappa shape index (κ2) is 5.27. The Kier molecular flexibility index (Phi) is 3.71. The lowest BCUT2D eigenvalue weighted by Gasteiger charge is -2.41. The summed E-state index contributed by atoms with van der Waals surface area (Å²) in [5.41, 5.74) is 0. The summed E-state index contributed by atoms with van der Waals surface area (Å²) in [5.74, 6) is 0.366. The van der Waals surface area contributed by atoms with Crippen LogP contribution in [0, 0.1) is 0 Å². The average molecular weight is 263 g/mol. The van der Waals surface area contributed by atoms with E-state index in [1.54, 1.807) is 6.08 Å². The van der Waals surface area contributed by atoms with Crippen molar-refractivity contribution in [1.82, 2.24) is 14.7 Å². The number of nitrogens with zero attached hydrogens (tertiary/aromatic N) is 3. The zero-order chi connectivity index (χ0) is 14.0. The molecule has 1 unspecified atom stereocenters. The van der Waals surface area contributed by atoms with Gasteiger partial charge < -0.3 is 4.74 Å². The molecule has 19 heavy (non-hydrogen) atoms. The van der Waals surface area contributed by atoms with Crippen molar-refractivity contribution in [3.05, 3.63) is 37.7 Å². The number of carbonyl (C=O) groups excluding carboxylic acids is 2. The molecule has 2 rings (SSSR count). The lowest BCUT2D eigenvalue weighted by molar-refractivity contribution is 0.114. The zero-order valence-electron chi connectivity index (χ0n) is 10.7. The predicted octanol–water partition coefficient (Wildman–Crippen LogP) is 1.39. The van der Waals surface area contributed by atoms with Crippen LogP contribution < -0.4 is 0 Å². The Morgan fingerprint density at radius 2 is 1.63 bits per heavy atom. The number of amides is 4. The van der Waals surface area contributed by atoms with E-state index in [2.05, 4.69) is 19.7 Å². The Hall–Kier alpha value is -2.08. The Morgan fingerprint density at radius 3 is 2.16 bits per heavy atom. The first-order chi connectivity index (χ1) is 9.10. The topological polar surface area (TPSA) is 56.4 Å². The highest BCUT2D eigenvalue weighted by atomic mass is 16.6. The van der Waals surface area contributed by atoms with E-state index in [4.69, 9.17) is 4.74 Å². The number of urea groups is 2. The van der Waals surface area contributed by atoms with Gasteiger partial charge in [-0.2, -0.15) is 0 Å². The highest BCUT2D eigenvalue weighted by Gasteiger charge is 2.41. The van der Waals surface area contributed by atoms with Crippen molar-refractivity contribution in [2.75, 3.05) is 26.2 Å². The van der Waals surface area contributed by atoms with Gasteiger partial charge in [-0.1, -0.05) is 18.7 Å². The van der Waals surface area contributed by atoms with Crippen LogP contribution in [-0.2, 0) is 4.74 Å². The van der Waals surface area contributed by atoms with E-state index in [1.807, 2.05) is 0 Å². The van der Waals surface area contributed by atoms with Gasteiger partial charge in [-0.15, -0.1) is 13.2 Å². The van der Waals surface area contributed by atoms with Crippen LogP contribution in [-0.4, -0.2) is 59.1 Å². The molecule has 102 valence electrons. The van der Waals surface area contributed by atoms with Gasteiger partial charge in [-0.3, -0.25) is 9.80 Å². The van der Waals surface area contributed by atoms with Crippen LogP contribution in [0.1, 0.15) is 0 Å². The molecule has 0 bridgehead atoms. The molecule has 0 aromatic rings. The van der Waals surface area contributed by atoms with Crippen molar-refractivity contribution in [2.45, 2.75) is 6.10 Å². The molecule has 2 fully saturated rings. The minimum Gasteiger partial charge on any atom is -0.371 e. The molecular weight excluding hydrogens is 246 g/mol. The maximum atomic E-state index is 12.3. The Bertz CT molecular complexity index is 410. The van der Waals surface area contributed by atoms with Gasteiger partial charge in [0, 0.05) is 6.54 Å². The Morgan fingerprint density at radius 1 is 1.11 bits per heavy atom. The van der Waals surface area contributed by atoms with E-state index in [9.17, 15) is 9.59 Å². The Labute approximate surface area is 112 Å². The molecule has 2 saturated heterocycles. The number of carbonyl (C=O) groups is 2. The maximum Gasteiger partial charge on any atom is 0.334 e. The lowest BCUT2D eigenvalue weighted by atomic mass is 10.3. The molecule has 0 radical (unpaired) electrons. The third-order valence-corrected chi connectivity index (χ3v) is 2.96. The van der Waals surface area contributed by atoms with Crippen LogP contribution >= 0.6 is 0 Å². The monoisotopic (exact) mass is 263 g/mol. The van der Waals surface area contributed by atoms with Crippen LogP contribution in [0.2, 0.25) is 0 Å². The third-order valence-electron chi connectivity index (χ3n) is 2.96. The first kappa shape index (κ1) is 13.4. The molecule has 0 aromatic carbocycles. The standard InChI is InChI=1S/C13H17N3O3/c1-4-6-14-10(3)16(8-11-9-19-11)13(18)15(7-5-2)12(14)17/h4-5,11H,1-3,6-9H2. The fraction of sp³-hybridized carbons (Fsp3) is 0.385. The van der Waals surface area contributed by atoms with Crippen molar-refractivity contribution in [3.8, 4) is 0 Å². The predicted molar refractivity (Wildman–Crippen MR) is 70.2 cm³/mol. The van der Waals surface area contributed by atoms with Crippen molar-refractivity contribution < 1.29 is 14.3 Å². The Balaban J connectivity index is 2.23. The van der Waals surface area contributed by atoms with Crippen molar-refractivity contribution >= 4 is 12.1 Å². The summed E-state index contributed by atoms with van der Waals surface area (Å²) in [6, 6.07) is -0.784. The third kappa shape index (κ3) is 2.53. The molecule has 0 N–H and O–H groups in total. The molecule has 2 aliphatic heterocycles. The summed E-state index contributed by atoms with van der Waals surface area (Å²) >= 11 is 0. The van der Waals surface area contributed by atoms with E-state index in [1.165, 1.54) is 15.9 Å². The molecule has 0 spiro atoms. The summed E-state index contributed by atoms with van der Waals surface area (Å²) < 4.78 is 5.13. The van der Waals surface area contributed by atoms with Crippen LogP contribution in [0.3, 0.4) is 0 Å². The number of hydrogen-bond donors (Lipinski definition) is 0. The van der Waals surface area contributed by atoms with E-state index in [0.29, 0.717) is 25.5 Å². The number of hydrogen-bond acceptors (Lipinski definition) is 3. The van der Waals surface area contributed by atoms with Gasteiger partial charge in [0.05, 0.1) is 25.8 Å². The van der Waals surface area contributed by atoms with Gasteiger partial charge in [0.25, 0.3) is 0 Å². The van der Waals surface area contributed by atoms with Gasteiger partial charge in [-0.05, 0) is 0 Å². The average Bonchev–Trinajstić information content (AvgIpc) is 3.20. The van der Waals surface area contributed by atoms with Crippen LogP contribution in [0.25, 0.3) is 0 Å². The molecule has 6 nitrogen and oxygen atoms in total. The molecular formula is C13H17N3O3. The first-order valence-corrected chi connectivity index (χ1v) is 6.03. The normalized spacial score (nSPS) is 22.8. The molecule has 0 aliphatic carbocycles. The number of imide groups is 1. The fourth-order valence-corrected chi connectivity index (χ4v) is 1.90. The van der Waals surface area contributed by atoms with E-state index >= 15 is 0 Å². The van der Waals surface area contributed by atoms with Gasteiger partial charge in [0.15, 0.2) is 0 Å². The minimum atomic E-state index is -0.400. The molecule has 6 heteroatoms. The van der Waals surface area contributed by atoms with Gasteiger partial charge in [-0.25, -0.2) is 14.5 Å². The van der Waals surface area contributed by atoms with E-state index in [-0.39, 0.29) is 18.7 Å². The molecule has 2 aliphatic rings. The summed E-state index contributed by atoms with van der Waals surface area (Å²) in [7, 11) is 0. The summed E-state index contributed by atoms with van der Waals surface area (Å²) in [6.07, 6.45) is 3.14. The lowest BCUT2D eigenvalue weighted by Crippen LogP contribution is -2.59. The largest absolute Gasteiger partial charge is 0.371 e. The number of ether oxygens (including phenoxy) is 1. The summed E-state index contributed by atoms with van der Waals surface area (Å²) in [4.78, 5) is 28.5. The number of rotatable bonds is 6. The minimum absolute atomic E-state index is 0.0325. The number of epoxide rings is 1. The van der Waals surface area contributed by atoms with Gasteiger partial charge >= 0.3 is 12.1 Å². The van der Waals surface area contributed by atoms with Crippen LogP contribution in [0.5, 0.6) is 0 Å². The van der Waals surface area contributed by atoms with Crippen molar-refractivity contribution in [3.63, 3.8) is 0 Å². The van der Waals surface area contributed by atoms with E-state index in [0.717, 1.165) is 4.90 Å². The van der Waals surface area contributed by atoms with E-state index < -0.39 is 6.03 Å². The van der Waals surface area contributed by atoms with Gasteiger partial charge in [0.2, 0.25) is 0 Å². The maximum absolute atomic E-state index is 12.3. The van der Waals surface area contributed by atoms with Gasteiger partial charge in [0.1, 0.15) is 5.82 Å². The zero-order valence-corrected chi connectivity index (χ0v) is 10.7. The first-order valence-electron chi connectivity index (χ1n) is 6.03. The molecule has 0 aromatic heterocycles. The molecule has 0 saturated carbocycles. The van der Waals surface area contributed by atoms with Crippen LogP contribution in [0.4, 0.5) is 9.59 Å². The molecule has 1 atom stereocenters. The highest BCUT2D eigenvalue weighted by molar-refractivity contribution is 5.98. The molecule has 4 amide bonds. The fourth-order valence-electron chi connectivity index (χ4n) is 1.90. The highest BCUT2D eigenvalue weighted by Crippen LogP contribution is 2.24. The van der Waals surface area contributed by atoms with Crippen molar-refractivity contribution in [2.24, 2.45) is 0 Å². The smallest absolute Gasteiger partial charge is 0.334 e. The van der Waals surface area contributed by atoms with Crippen LogP contribution in [0.15, 0.2) is 37.7 Å². The van der Waals surface area contributed by atoms with Crippen molar-refractivity contribution in [1.29, 1.82) is 0 Å². The second-order valence-corrected chi connectivity index (χ2v) is 4.35. The second-order valence-electron chi connectivity index (χ2n) is 4.35. The SMILES string of the molecule is C=CCN1C(=C)N(CC2CO2)C(=O)N(CC=C)C1=O. The molecule has 2 heterocycles. The summed E-state index contributed by atoms with van der Waals surface area (Å²) in [5, 5.41) is 0.